The lowest BCUT2D eigenvalue weighted by atomic mass is 10.1. The fourth-order valence-corrected chi connectivity index (χ4v) is 3.19. The number of benzene rings is 1. The van der Waals surface area contributed by atoms with Crippen LogP contribution in [0.5, 0.6) is 0 Å². The van der Waals surface area contributed by atoms with Gasteiger partial charge in [0.25, 0.3) is 5.56 Å². The zero-order chi connectivity index (χ0) is 16.9. The third-order valence-corrected chi connectivity index (χ3v) is 4.40. The molecule has 0 spiro atoms. The van der Waals surface area contributed by atoms with E-state index in [1.807, 2.05) is 24.3 Å². The van der Waals surface area contributed by atoms with Crippen LogP contribution in [0.25, 0.3) is 10.8 Å². The minimum absolute atomic E-state index is 0.0441. The number of amides is 2. The minimum Gasteiger partial charge on any atom is -0.335 e. The Labute approximate surface area is 140 Å². The summed E-state index contributed by atoms with van der Waals surface area (Å²) in [5.41, 5.74) is 0.670. The molecule has 1 aromatic heterocycles. The molecule has 0 bridgehead atoms. The molecule has 1 aromatic carbocycles. The Morgan fingerprint density at radius 3 is 2.67 bits per heavy atom. The van der Waals surface area contributed by atoms with Crippen molar-refractivity contribution in [2.45, 2.75) is 38.3 Å². The summed E-state index contributed by atoms with van der Waals surface area (Å²) in [6.07, 6.45) is 5.84. The fourth-order valence-electron chi connectivity index (χ4n) is 3.19. The van der Waals surface area contributed by atoms with E-state index in [9.17, 15) is 9.59 Å². The third-order valence-electron chi connectivity index (χ3n) is 4.40. The standard InChI is InChI=1S/C18H22N4O2/c1-2-11-19-18(24)20-12-16-14-9-5-6-10-15(14)17(23)22(21-16)13-7-3-4-8-13/h2,5-6,9-10,13H,1,3-4,7-8,11-12H2,(H2,19,20,24). The maximum atomic E-state index is 12.7. The summed E-state index contributed by atoms with van der Waals surface area (Å²) in [6.45, 7) is 4.24. The molecule has 0 radical (unpaired) electrons. The topological polar surface area (TPSA) is 76.0 Å². The van der Waals surface area contributed by atoms with E-state index in [4.69, 9.17) is 0 Å². The van der Waals surface area contributed by atoms with Crippen molar-refractivity contribution in [1.82, 2.24) is 20.4 Å². The molecule has 1 saturated carbocycles. The molecule has 126 valence electrons. The zero-order valence-corrected chi connectivity index (χ0v) is 13.6. The van der Waals surface area contributed by atoms with Crippen LogP contribution in [0.4, 0.5) is 4.79 Å². The van der Waals surface area contributed by atoms with Crippen LogP contribution in [0.3, 0.4) is 0 Å². The van der Waals surface area contributed by atoms with E-state index < -0.39 is 0 Å². The Kier molecular flexibility index (Phi) is 4.93. The molecular weight excluding hydrogens is 304 g/mol. The zero-order valence-electron chi connectivity index (χ0n) is 13.6. The van der Waals surface area contributed by atoms with Crippen molar-refractivity contribution in [2.24, 2.45) is 0 Å². The largest absolute Gasteiger partial charge is 0.335 e. The number of hydrogen-bond donors (Lipinski definition) is 2. The minimum atomic E-state index is -0.278. The summed E-state index contributed by atoms with van der Waals surface area (Å²) in [4.78, 5) is 24.5. The highest BCUT2D eigenvalue weighted by Gasteiger charge is 2.21. The second kappa shape index (κ2) is 7.29. The predicted molar refractivity (Wildman–Crippen MR) is 93.9 cm³/mol. The number of rotatable bonds is 5. The molecule has 1 fully saturated rings. The normalized spacial score (nSPS) is 14.7. The Morgan fingerprint density at radius 2 is 1.96 bits per heavy atom. The van der Waals surface area contributed by atoms with Gasteiger partial charge in [-0.05, 0) is 18.9 Å². The quantitative estimate of drug-likeness (QED) is 0.829. The third kappa shape index (κ3) is 3.32. The first-order chi connectivity index (χ1) is 11.7. The van der Waals surface area contributed by atoms with Crippen molar-refractivity contribution in [3.63, 3.8) is 0 Å². The monoisotopic (exact) mass is 326 g/mol. The average Bonchev–Trinajstić information content (AvgIpc) is 3.14. The maximum absolute atomic E-state index is 12.7. The molecule has 24 heavy (non-hydrogen) atoms. The second-order valence-electron chi connectivity index (χ2n) is 6.03. The number of nitrogens with one attached hydrogen (secondary N) is 2. The smallest absolute Gasteiger partial charge is 0.315 e. The van der Waals surface area contributed by atoms with E-state index in [0.717, 1.165) is 31.1 Å². The van der Waals surface area contributed by atoms with E-state index in [-0.39, 0.29) is 24.2 Å². The van der Waals surface area contributed by atoms with Gasteiger partial charge in [0.1, 0.15) is 0 Å². The van der Waals surface area contributed by atoms with E-state index in [1.54, 1.807) is 10.8 Å². The van der Waals surface area contributed by atoms with Crippen molar-refractivity contribution in [3.8, 4) is 0 Å². The first-order valence-electron chi connectivity index (χ1n) is 8.33. The predicted octanol–water partition coefficient (Wildman–Crippen LogP) is 2.50. The molecule has 2 N–H and O–H groups in total. The molecule has 6 nitrogen and oxygen atoms in total. The van der Waals surface area contributed by atoms with E-state index in [0.29, 0.717) is 17.6 Å². The van der Waals surface area contributed by atoms with Gasteiger partial charge < -0.3 is 10.6 Å². The maximum Gasteiger partial charge on any atom is 0.315 e. The van der Waals surface area contributed by atoms with Gasteiger partial charge in [0, 0.05) is 11.9 Å². The van der Waals surface area contributed by atoms with Gasteiger partial charge in [-0.1, -0.05) is 37.1 Å². The van der Waals surface area contributed by atoms with Crippen LogP contribution in [0, 0.1) is 0 Å². The summed E-state index contributed by atoms with van der Waals surface area (Å²) < 4.78 is 1.62. The van der Waals surface area contributed by atoms with Gasteiger partial charge >= 0.3 is 6.03 Å². The van der Waals surface area contributed by atoms with Crippen LogP contribution >= 0.6 is 0 Å². The molecule has 1 aliphatic rings. The summed E-state index contributed by atoms with van der Waals surface area (Å²) >= 11 is 0. The molecule has 2 amide bonds. The molecule has 0 saturated heterocycles. The van der Waals surface area contributed by atoms with Gasteiger partial charge in [0.2, 0.25) is 0 Å². The van der Waals surface area contributed by atoms with E-state index >= 15 is 0 Å². The van der Waals surface area contributed by atoms with Gasteiger partial charge in [-0.25, -0.2) is 9.48 Å². The van der Waals surface area contributed by atoms with Crippen LogP contribution < -0.4 is 16.2 Å². The van der Waals surface area contributed by atoms with Gasteiger partial charge in [0.05, 0.1) is 23.7 Å². The number of carbonyl (C=O) groups is 1. The fraction of sp³-hybridized carbons (Fsp3) is 0.389. The van der Waals surface area contributed by atoms with Crippen molar-refractivity contribution >= 4 is 16.8 Å². The molecule has 0 atom stereocenters. The highest BCUT2D eigenvalue weighted by molar-refractivity contribution is 5.84. The summed E-state index contributed by atoms with van der Waals surface area (Å²) in [5.74, 6) is 0. The number of carbonyl (C=O) groups excluding carboxylic acids is 1. The molecule has 6 heteroatoms. The number of aromatic nitrogens is 2. The van der Waals surface area contributed by atoms with Crippen molar-refractivity contribution < 1.29 is 4.79 Å². The lowest BCUT2D eigenvalue weighted by Crippen LogP contribution is -2.36. The van der Waals surface area contributed by atoms with Crippen molar-refractivity contribution in [1.29, 1.82) is 0 Å². The van der Waals surface area contributed by atoms with Crippen LogP contribution in [0.15, 0.2) is 41.7 Å². The Balaban J connectivity index is 1.93. The van der Waals surface area contributed by atoms with Crippen LogP contribution in [-0.2, 0) is 6.54 Å². The molecule has 2 aromatic rings. The van der Waals surface area contributed by atoms with Crippen molar-refractivity contribution in [3.05, 3.63) is 53.0 Å². The molecule has 1 heterocycles. The Hall–Kier alpha value is -2.63. The van der Waals surface area contributed by atoms with Crippen molar-refractivity contribution in [2.75, 3.05) is 6.54 Å². The molecule has 0 unspecified atom stereocenters. The van der Waals surface area contributed by atoms with Gasteiger partial charge in [-0.15, -0.1) is 6.58 Å². The van der Waals surface area contributed by atoms with Crippen LogP contribution in [0.2, 0.25) is 0 Å². The van der Waals surface area contributed by atoms with Gasteiger partial charge in [-0.2, -0.15) is 5.10 Å². The lowest BCUT2D eigenvalue weighted by Gasteiger charge is -2.16. The summed E-state index contributed by atoms with van der Waals surface area (Å²) in [6, 6.07) is 7.32. The van der Waals surface area contributed by atoms with Crippen LogP contribution in [0.1, 0.15) is 37.4 Å². The second-order valence-corrected chi connectivity index (χ2v) is 6.03. The molecular formula is C18H22N4O2. The summed E-state index contributed by atoms with van der Waals surface area (Å²) in [5, 5.41) is 11.5. The van der Waals surface area contributed by atoms with E-state index in [1.165, 1.54) is 0 Å². The van der Waals surface area contributed by atoms with Gasteiger partial charge in [-0.3, -0.25) is 4.79 Å². The molecule has 3 rings (SSSR count). The lowest BCUT2D eigenvalue weighted by molar-refractivity contribution is 0.241. The first-order valence-corrected chi connectivity index (χ1v) is 8.33. The molecule has 0 aliphatic heterocycles. The van der Waals surface area contributed by atoms with E-state index in [2.05, 4.69) is 22.3 Å². The van der Waals surface area contributed by atoms with Gasteiger partial charge in [0.15, 0.2) is 0 Å². The first kappa shape index (κ1) is 16.2. The Morgan fingerprint density at radius 1 is 1.25 bits per heavy atom. The highest BCUT2D eigenvalue weighted by Crippen LogP contribution is 2.28. The number of urea groups is 1. The molecule has 1 aliphatic carbocycles. The Bertz CT molecular complexity index is 806. The number of hydrogen-bond acceptors (Lipinski definition) is 3. The number of fused-ring (bicyclic) bond motifs is 1. The van der Waals surface area contributed by atoms with Crippen LogP contribution in [-0.4, -0.2) is 22.4 Å². The SMILES string of the molecule is C=CCNC(=O)NCc1nn(C2CCCC2)c(=O)c2ccccc12. The highest BCUT2D eigenvalue weighted by atomic mass is 16.2. The summed E-state index contributed by atoms with van der Waals surface area (Å²) in [7, 11) is 0. The number of nitrogens with zero attached hydrogens (tertiary/aromatic N) is 2. The average molecular weight is 326 g/mol.